The van der Waals surface area contributed by atoms with Gasteiger partial charge in [-0.3, -0.25) is 14.5 Å². The molecule has 0 aromatic heterocycles. The van der Waals surface area contributed by atoms with Crippen molar-refractivity contribution >= 4 is 11.8 Å². The minimum absolute atomic E-state index is 0.0132. The molecule has 2 heterocycles. The van der Waals surface area contributed by atoms with Crippen LogP contribution in [-0.2, 0) is 14.3 Å². The normalized spacial score (nSPS) is 23.5. The summed E-state index contributed by atoms with van der Waals surface area (Å²) < 4.78 is 11.0. The summed E-state index contributed by atoms with van der Waals surface area (Å²) in [4.78, 5) is 29.6. The number of hydrogen-bond donors (Lipinski definition) is 2. The lowest BCUT2D eigenvalue weighted by molar-refractivity contribution is -0.139. The molecule has 0 spiro atoms. The van der Waals surface area contributed by atoms with Crippen molar-refractivity contribution in [1.82, 2.24) is 14.7 Å². The number of aryl methyl sites for hydroxylation is 2. The lowest BCUT2D eigenvalue weighted by Gasteiger charge is -2.41. The number of benzene rings is 1. The Morgan fingerprint density at radius 2 is 1.68 bits per heavy atom. The summed E-state index contributed by atoms with van der Waals surface area (Å²) in [6, 6.07) is 5.79. The topological polar surface area (TPSA) is 103 Å². The van der Waals surface area contributed by atoms with Crippen molar-refractivity contribution in [3.63, 3.8) is 0 Å². The van der Waals surface area contributed by atoms with E-state index in [9.17, 15) is 19.8 Å². The van der Waals surface area contributed by atoms with Gasteiger partial charge in [0.2, 0.25) is 11.8 Å². The molecule has 1 atom stereocenters. The molecule has 1 aromatic carbocycles. The second-order valence-corrected chi connectivity index (χ2v) is 9.95. The van der Waals surface area contributed by atoms with Gasteiger partial charge >= 0.3 is 0 Å². The van der Waals surface area contributed by atoms with Crippen molar-refractivity contribution in [2.24, 2.45) is 0 Å². The van der Waals surface area contributed by atoms with Crippen LogP contribution in [0.1, 0.15) is 30.9 Å². The predicted molar refractivity (Wildman–Crippen MR) is 128 cm³/mol. The van der Waals surface area contributed by atoms with Crippen LogP contribution in [0.15, 0.2) is 18.2 Å². The molecular formula is C25H39N3O6. The first-order valence-corrected chi connectivity index (χ1v) is 11.9. The summed E-state index contributed by atoms with van der Waals surface area (Å²) in [6.07, 6.45) is 0.958. The average Bonchev–Trinajstić information content (AvgIpc) is 2.93. The minimum Gasteiger partial charge on any atom is -0.490 e. The first kappa shape index (κ1) is 26.4. The maximum absolute atomic E-state index is 12.6. The number of carbonyl (C=O) groups is 2. The van der Waals surface area contributed by atoms with E-state index in [0.717, 1.165) is 11.1 Å². The van der Waals surface area contributed by atoms with Crippen LogP contribution in [-0.4, -0.2) is 114 Å². The molecule has 34 heavy (non-hydrogen) atoms. The molecule has 9 heteroatoms. The van der Waals surface area contributed by atoms with E-state index in [1.54, 1.807) is 16.7 Å². The highest BCUT2D eigenvalue weighted by Gasteiger charge is 2.41. The van der Waals surface area contributed by atoms with Gasteiger partial charge in [-0.1, -0.05) is 6.07 Å². The van der Waals surface area contributed by atoms with Gasteiger partial charge in [0.25, 0.3) is 0 Å². The Kier molecular flexibility index (Phi) is 8.57. The van der Waals surface area contributed by atoms with Crippen LogP contribution in [0.3, 0.4) is 0 Å². The fourth-order valence-corrected chi connectivity index (χ4v) is 4.73. The maximum atomic E-state index is 12.6. The number of rotatable bonds is 7. The highest BCUT2D eigenvalue weighted by molar-refractivity contribution is 5.77. The highest BCUT2D eigenvalue weighted by atomic mass is 16.5. The van der Waals surface area contributed by atoms with E-state index in [1.807, 2.05) is 36.9 Å². The van der Waals surface area contributed by atoms with Crippen LogP contribution in [0.25, 0.3) is 0 Å². The molecule has 1 aromatic rings. The van der Waals surface area contributed by atoms with Gasteiger partial charge in [0, 0.05) is 53.3 Å². The number of hydrogen-bond acceptors (Lipinski definition) is 7. The molecule has 0 bridgehead atoms. The van der Waals surface area contributed by atoms with Gasteiger partial charge in [0.05, 0.1) is 12.1 Å². The third-order valence-corrected chi connectivity index (χ3v) is 6.95. The van der Waals surface area contributed by atoms with E-state index < -0.39 is 11.2 Å². The van der Waals surface area contributed by atoms with Gasteiger partial charge in [-0.2, -0.15) is 0 Å². The van der Waals surface area contributed by atoms with Crippen LogP contribution < -0.4 is 4.74 Å². The SMILES string of the molecule is COCC(=O)N1CCN(CC2(O)CCN(C(C)=O)CC2)CC(O)(COc2ccc(C)c(C)c2)C1. The van der Waals surface area contributed by atoms with E-state index >= 15 is 0 Å². The Labute approximate surface area is 202 Å². The van der Waals surface area contributed by atoms with Crippen molar-refractivity contribution in [2.75, 3.05) is 66.1 Å². The summed E-state index contributed by atoms with van der Waals surface area (Å²) in [5.74, 6) is 0.488. The van der Waals surface area contributed by atoms with E-state index in [0.29, 0.717) is 51.3 Å². The quantitative estimate of drug-likeness (QED) is 0.592. The first-order valence-electron chi connectivity index (χ1n) is 11.9. The lowest BCUT2D eigenvalue weighted by Crippen LogP contribution is -2.56. The smallest absolute Gasteiger partial charge is 0.248 e. The molecule has 2 fully saturated rings. The van der Waals surface area contributed by atoms with Gasteiger partial charge in [-0.25, -0.2) is 0 Å². The van der Waals surface area contributed by atoms with Crippen LogP contribution in [0.4, 0.5) is 0 Å². The zero-order valence-corrected chi connectivity index (χ0v) is 20.9. The summed E-state index contributed by atoms with van der Waals surface area (Å²) in [6.45, 7) is 8.23. The van der Waals surface area contributed by atoms with Crippen molar-refractivity contribution in [1.29, 1.82) is 0 Å². The van der Waals surface area contributed by atoms with E-state index in [2.05, 4.69) is 0 Å². The number of aliphatic hydroxyl groups is 2. The molecule has 3 rings (SSSR count). The standard InChI is InChI=1S/C25H39N3O6/c1-19-5-6-22(13-20(19)2)34-18-25(32)16-26(11-12-28(17-25)23(30)14-33-4)15-24(31)7-9-27(10-8-24)21(3)29/h5-6,13,31-32H,7-12,14-18H2,1-4H3. The Balaban J connectivity index is 1.72. The Morgan fingerprint density at radius 1 is 0.971 bits per heavy atom. The van der Waals surface area contributed by atoms with Gasteiger partial charge < -0.3 is 29.5 Å². The lowest BCUT2D eigenvalue weighted by atomic mass is 9.90. The molecular weight excluding hydrogens is 438 g/mol. The van der Waals surface area contributed by atoms with Crippen molar-refractivity contribution < 1.29 is 29.3 Å². The molecule has 2 N–H and O–H groups in total. The molecule has 190 valence electrons. The third kappa shape index (κ3) is 6.91. The molecule has 0 saturated carbocycles. The molecule has 2 saturated heterocycles. The number of ether oxygens (including phenoxy) is 2. The van der Waals surface area contributed by atoms with Gasteiger partial charge in [0.15, 0.2) is 0 Å². The zero-order chi connectivity index (χ0) is 24.9. The Morgan fingerprint density at radius 3 is 2.29 bits per heavy atom. The maximum Gasteiger partial charge on any atom is 0.248 e. The van der Waals surface area contributed by atoms with Crippen LogP contribution in [0.2, 0.25) is 0 Å². The average molecular weight is 478 g/mol. The molecule has 0 aliphatic carbocycles. The number of likely N-dealkylation sites (tertiary alicyclic amines) is 1. The van der Waals surface area contributed by atoms with Crippen molar-refractivity contribution in [2.45, 2.75) is 44.8 Å². The number of carbonyl (C=O) groups excluding carboxylic acids is 2. The van der Waals surface area contributed by atoms with E-state index in [-0.39, 0.29) is 38.1 Å². The van der Waals surface area contributed by atoms with Crippen LogP contribution in [0.5, 0.6) is 5.75 Å². The third-order valence-electron chi connectivity index (χ3n) is 6.95. The van der Waals surface area contributed by atoms with E-state index in [1.165, 1.54) is 7.11 Å². The zero-order valence-electron chi connectivity index (χ0n) is 20.9. The molecule has 0 radical (unpaired) electrons. The molecule has 1 unspecified atom stereocenters. The number of piperidine rings is 1. The number of methoxy groups -OCH3 is 1. The summed E-state index contributed by atoms with van der Waals surface area (Å²) >= 11 is 0. The highest BCUT2D eigenvalue weighted by Crippen LogP contribution is 2.26. The summed E-state index contributed by atoms with van der Waals surface area (Å²) in [5, 5.41) is 22.8. The van der Waals surface area contributed by atoms with Crippen molar-refractivity contribution in [3.8, 4) is 5.75 Å². The number of β-amino-alcohol motifs (C(OH)–C–C–N with tert-alkyl or cyclic N) is 2. The fourth-order valence-electron chi connectivity index (χ4n) is 4.73. The molecule has 2 aliphatic heterocycles. The Bertz CT molecular complexity index is 870. The summed E-state index contributed by atoms with van der Waals surface area (Å²) in [7, 11) is 1.47. The monoisotopic (exact) mass is 477 g/mol. The summed E-state index contributed by atoms with van der Waals surface area (Å²) in [5.41, 5.74) is -0.0158. The molecule has 9 nitrogen and oxygen atoms in total. The second-order valence-electron chi connectivity index (χ2n) is 9.95. The molecule has 2 aliphatic rings. The van der Waals surface area contributed by atoms with Crippen molar-refractivity contribution in [3.05, 3.63) is 29.3 Å². The minimum atomic E-state index is -1.32. The number of amides is 2. The van der Waals surface area contributed by atoms with Gasteiger partial charge in [-0.15, -0.1) is 0 Å². The first-order chi connectivity index (χ1) is 16.0. The predicted octanol–water partition coefficient (Wildman–Crippen LogP) is 0.577. The second kappa shape index (κ2) is 11.0. The fraction of sp³-hybridized carbons (Fsp3) is 0.680. The van der Waals surface area contributed by atoms with Crippen LogP contribution >= 0.6 is 0 Å². The van der Waals surface area contributed by atoms with Gasteiger partial charge in [-0.05, 0) is 49.9 Å². The van der Waals surface area contributed by atoms with E-state index in [4.69, 9.17) is 9.47 Å². The Hall–Kier alpha value is -2.20. The van der Waals surface area contributed by atoms with Crippen LogP contribution in [0, 0.1) is 13.8 Å². The largest absolute Gasteiger partial charge is 0.490 e. The van der Waals surface area contributed by atoms with Gasteiger partial charge in [0.1, 0.15) is 24.6 Å². The number of nitrogens with zero attached hydrogens (tertiary/aromatic N) is 3. The molecule has 2 amide bonds.